The van der Waals surface area contributed by atoms with Crippen molar-refractivity contribution < 1.29 is 39.9 Å². The van der Waals surface area contributed by atoms with Crippen molar-refractivity contribution in [3.8, 4) is 0 Å². The van der Waals surface area contributed by atoms with E-state index in [1.54, 1.807) is 12.1 Å². The van der Waals surface area contributed by atoms with Gasteiger partial charge in [-0.05, 0) is 67.5 Å². The normalized spacial score (nSPS) is 19.8. The largest absolute Gasteiger partial charge is 0.394 e. The van der Waals surface area contributed by atoms with Crippen LogP contribution in [0.4, 0.5) is 11.4 Å². The number of likely N-dealkylation sites (N-methyl/N-ethyl adjacent to an activating group) is 1. The Morgan fingerprint density at radius 2 is 1.60 bits per heavy atom. The average molecular weight is 667 g/mol. The molecule has 0 aromatic heterocycles. The van der Waals surface area contributed by atoms with Gasteiger partial charge in [0.05, 0.1) is 24.6 Å². The fourth-order valence-corrected chi connectivity index (χ4v) is 6.29. The number of carbonyl (C=O) groups is 2. The minimum atomic E-state index is -1.77. The zero-order valence-corrected chi connectivity index (χ0v) is 26.7. The minimum absolute atomic E-state index is 0.0279. The average Bonchev–Trinajstić information content (AvgIpc) is 3.98. The molecule has 1 heterocycles. The van der Waals surface area contributed by atoms with E-state index in [9.17, 15) is 30.0 Å². The van der Waals surface area contributed by atoms with Gasteiger partial charge in [-0.15, -0.1) is 0 Å². The Balaban J connectivity index is 1.15. The third-order valence-electron chi connectivity index (χ3n) is 8.91. The molecule has 11 nitrogen and oxygen atoms in total. The molecule has 0 spiro atoms. The summed E-state index contributed by atoms with van der Waals surface area (Å²) in [6.45, 7) is 0.418. The van der Waals surface area contributed by atoms with E-state index in [4.69, 9.17) is 33.0 Å². The number of benzene rings is 2. The molecule has 2 aromatic rings. The van der Waals surface area contributed by atoms with Crippen molar-refractivity contribution in [2.24, 2.45) is 0 Å². The van der Waals surface area contributed by atoms with Crippen molar-refractivity contribution in [1.29, 1.82) is 0 Å². The van der Waals surface area contributed by atoms with Crippen LogP contribution in [0.3, 0.4) is 0 Å². The van der Waals surface area contributed by atoms with E-state index >= 15 is 0 Å². The van der Waals surface area contributed by atoms with Crippen molar-refractivity contribution in [3.63, 3.8) is 0 Å². The summed E-state index contributed by atoms with van der Waals surface area (Å²) in [5.74, 6) is -0.393. The van der Waals surface area contributed by atoms with Gasteiger partial charge in [-0.2, -0.15) is 0 Å². The van der Waals surface area contributed by atoms with Gasteiger partial charge >= 0.3 is 0 Å². The van der Waals surface area contributed by atoms with Gasteiger partial charge in [0.15, 0.2) is 0 Å². The van der Waals surface area contributed by atoms with Crippen LogP contribution < -0.4 is 9.80 Å². The number of carbonyl (C=O) groups excluding carboxylic acids is 2. The fraction of sp³-hybridized carbons (Fsp3) is 0.562. The number of aliphatic hydroxyl groups is 5. The van der Waals surface area contributed by atoms with Crippen LogP contribution in [0.1, 0.15) is 43.2 Å². The summed E-state index contributed by atoms with van der Waals surface area (Å²) in [5, 5.41) is 49.2. The highest BCUT2D eigenvalue weighted by molar-refractivity contribution is 6.34. The molecule has 0 bridgehead atoms. The Hall–Kier alpha value is -2.48. The Labute approximate surface area is 272 Å². The number of amides is 2. The van der Waals surface area contributed by atoms with E-state index in [0.29, 0.717) is 46.6 Å². The highest BCUT2D eigenvalue weighted by Gasteiger charge is 2.54. The zero-order valence-electron chi connectivity index (χ0n) is 25.2. The van der Waals surface area contributed by atoms with Crippen LogP contribution in [0.5, 0.6) is 0 Å². The van der Waals surface area contributed by atoms with Crippen molar-refractivity contribution in [1.82, 2.24) is 4.90 Å². The molecule has 2 saturated carbocycles. The molecule has 2 aliphatic carbocycles. The van der Waals surface area contributed by atoms with E-state index in [1.807, 2.05) is 23.1 Å². The summed E-state index contributed by atoms with van der Waals surface area (Å²) in [6, 6.07) is 12.0. The van der Waals surface area contributed by atoms with Gasteiger partial charge in [-0.1, -0.05) is 35.3 Å². The second-order valence-corrected chi connectivity index (χ2v) is 13.1. The van der Waals surface area contributed by atoms with Gasteiger partial charge < -0.3 is 45.0 Å². The van der Waals surface area contributed by atoms with Gasteiger partial charge in [0.1, 0.15) is 30.0 Å². The van der Waals surface area contributed by atoms with Crippen LogP contribution in [-0.2, 0) is 27.4 Å². The van der Waals surface area contributed by atoms with Crippen LogP contribution in [0.15, 0.2) is 36.4 Å². The topological polar surface area (TPSA) is 154 Å². The van der Waals surface area contributed by atoms with Crippen molar-refractivity contribution >= 4 is 46.4 Å². The first kappa shape index (κ1) is 33.9. The SMILES string of the molecule is CN(C[C@H](O)[C@@H](O)[C@@H](O)[C@H](O)CO)C(=O)CCc1cc(Cl)c(COC2(C(=O)N3CCN(C4CC4)c4ccccc43)CC2)cc1Cl. The number of rotatable bonds is 14. The molecular formula is C32H41Cl2N3O8. The molecule has 0 unspecified atom stereocenters. The number of anilines is 2. The predicted molar refractivity (Wildman–Crippen MR) is 169 cm³/mol. The lowest BCUT2D eigenvalue weighted by atomic mass is 10.0. The van der Waals surface area contributed by atoms with Crippen LogP contribution in [0, 0.1) is 0 Å². The Bertz CT molecular complexity index is 1390. The second kappa shape index (κ2) is 14.1. The van der Waals surface area contributed by atoms with Crippen LogP contribution in [-0.4, -0.2) is 112 Å². The number of para-hydroxylation sites is 2. The first-order valence-electron chi connectivity index (χ1n) is 15.3. The number of ether oxygens (including phenoxy) is 1. The van der Waals surface area contributed by atoms with Gasteiger partial charge in [-0.3, -0.25) is 9.59 Å². The molecule has 246 valence electrons. The zero-order chi connectivity index (χ0) is 32.5. The van der Waals surface area contributed by atoms with Crippen molar-refractivity contribution in [2.75, 3.05) is 43.1 Å². The number of aliphatic hydroxyl groups excluding tert-OH is 5. The molecule has 3 aliphatic rings. The van der Waals surface area contributed by atoms with E-state index in [-0.39, 0.29) is 37.8 Å². The quantitative estimate of drug-likeness (QED) is 0.204. The maximum Gasteiger partial charge on any atom is 0.259 e. The number of nitrogens with zero attached hydrogens (tertiary/aromatic N) is 3. The summed E-state index contributed by atoms with van der Waals surface area (Å²) >= 11 is 13.1. The maximum atomic E-state index is 13.8. The first-order chi connectivity index (χ1) is 21.5. The lowest BCUT2D eigenvalue weighted by Crippen LogP contribution is -2.50. The smallest absolute Gasteiger partial charge is 0.259 e. The predicted octanol–water partition coefficient (Wildman–Crippen LogP) is 1.89. The molecule has 5 rings (SSSR count). The number of aryl methyl sites for hydroxylation is 1. The lowest BCUT2D eigenvalue weighted by Gasteiger charge is -2.39. The summed E-state index contributed by atoms with van der Waals surface area (Å²) in [5.41, 5.74) is 2.38. The number of hydrogen-bond donors (Lipinski definition) is 5. The minimum Gasteiger partial charge on any atom is -0.394 e. The molecule has 1 aliphatic heterocycles. The summed E-state index contributed by atoms with van der Waals surface area (Å²) in [7, 11) is 1.43. The molecule has 13 heteroatoms. The Morgan fingerprint density at radius 3 is 2.24 bits per heavy atom. The van der Waals surface area contributed by atoms with E-state index < -0.39 is 36.6 Å². The van der Waals surface area contributed by atoms with E-state index in [0.717, 1.165) is 17.9 Å². The van der Waals surface area contributed by atoms with Gasteiger partial charge in [-0.25, -0.2) is 0 Å². The molecule has 2 amide bonds. The molecule has 2 fully saturated rings. The monoisotopic (exact) mass is 665 g/mol. The third kappa shape index (κ3) is 7.58. The van der Waals surface area contributed by atoms with Gasteiger partial charge in [0, 0.05) is 49.2 Å². The first-order valence-corrected chi connectivity index (χ1v) is 16.1. The summed E-state index contributed by atoms with van der Waals surface area (Å²) < 4.78 is 6.24. The Morgan fingerprint density at radius 1 is 0.978 bits per heavy atom. The summed E-state index contributed by atoms with van der Waals surface area (Å²) in [6.07, 6.45) is -2.80. The van der Waals surface area contributed by atoms with Crippen molar-refractivity contribution in [2.45, 2.75) is 81.2 Å². The highest BCUT2D eigenvalue weighted by Crippen LogP contribution is 2.46. The van der Waals surface area contributed by atoms with Gasteiger partial charge in [0.2, 0.25) is 5.91 Å². The van der Waals surface area contributed by atoms with E-state index in [2.05, 4.69) is 11.0 Å². The number of fused-ring (bicyclic) bond motifs is 1. The molecule has 5 N–H and O–H groups in total. The van der Waals surface area contributed by atoms with Crippen LogP contribution in [0.25, 0.3) is 0 Å². The van der Waals surface area contributed by atoms with Crippen LogP contribution in [0.2, 0.25) is 10.0 Å². The standard InChI is InChI=1S/C32H41Cl2N3O8/c1-35(16-26(39)29(42)30(43)27(40)17-38)28(41)9-6-19-14-23(34)20(15-22(19)33)18-45-32(10-11-32)31(44)37-13-12-36(21-7-8-21)24-4-2-3-5-25(24)37/h2-5,14-15,21,26-27,29-30,38-40,42-43H,6-13,16-18H2,1H3/t26-,27+,29+,30-/m0/s1. The molecule has 0 radical (unpaired) electrons. The highest BCUT2D eigenvalue weighted by atomic mass is 35.5. The van der Waals surface area contributed by atoms with Crippen molar-refractivity contribution in [3.05, 3.63) is 57.6 Å². The van der Waals surface area contributed by atoms with Gasteiger partial charge in [0.25, 0.3) is 5.91 Å². The molecule has 45 heavy (non-hydrogen) atoms. The maximum absolute atomic E-state index is 13.8. The summed E-state index contributed by atoms with van der Waals surface area (Å²) in [4.78, 5) is 31.9. The van der Waals surface area contributed by atoms with E-state index in [1.165, 1.54) is 24.8 Å². The molecule has 4 atom stereocenters. The molecule has 2 aromatic carbocycles. The lowest BCUT2D eigenvalue weighted by molar-refractivity contribution is -0.138. The second-order valence-electron chi connectivity index (χ2n) is 12.3. The molecular weight excluding hydrogens is 625 g/mol. The Kier molecular flexibility index (Phi) is 10.6. The molecule has 0 saturated heterocycles. The number of halogens is 2. The fourth-order valence-electron chi connectivity index (χ4n) is 5.77. The number of hydrogen-bond acceptors (Lipinski definition) is 9. The third-order valence-corrected chi connectivity index (χ3v) is 9.62. The van der Waals surface area contributed by atoms with Crippen LogP contribution >= 0.6 is 23.2 Å².